The van der Waals surface area contributed by atoms with Crippen LogP contribution in [0.2, 0.25) is 0 Å². The minimum absolute atomic E-state index is 0.0422. The maximum Gasteiger partial charge on any atom is 0.322 e. The fraction of sp³-hybridized carbons (Fsp3) is 0.231. The first-order valence-electron chi connectivity index (χ1n) is 6.85. The van der Waals surface area contributed by atoms with Gasteiger partial charge in [0.2, 0.25) is 0 Å². The van der Waals surface area contributed by atoms with Crippen molar-refractivity contribution in [2.75, 3.05) is 11.7 Å². The summed E-state index contributed by atoms with van der Waals surface area (Å²) in [6, 6.07) is 4.24. The second-order valence-corrected chi connectivity index (χ2v) is 5.07. The molecule has 1 aliphatic heterocycles. The molecule has 4 rings (SSSR count). The van der Waals surface area contributed by atoms with Crippen molar-refractivity contribution in [3.63, 3.8) is 0 Å². The molecule has 0 aromatic carbocycles. The Kier molecular flexibility index (Phi) is 3.20. The molecule has 0 amide bonds. The first-order valence-corrected chi connectivity index (χ1v) is 6.85. The van der Waals surface area contributed by atoms with Gasteiger partial charge < -0.3 is 14.2 Å². The molecule has 4 heterocycles. The summed E-state index contributed by atoms with van der Waals surface area (Å²) in [6.07, 6.45) is 4.11. The lowest BCUT2D eigenvalue weighted by Crippen LogP contribution is -2.44. The van der Waals surface area contributed by atoms with E-state index in [1.54, 1.807) is 24.4 Å². The molecule has 3 aromatic rings. The predicted molar refractivity (Wildman–Crippen MR) is 73.3 cm³/mol. The van der Waals surface area contributed by atoms with Crippen LogP contribution in [0.4, 0.5) is 5.88 Å². The third-order valence-electron chi connectivity index (χ3n) is 3.85. The monoisotopic (exact) mass is 330 g/mol. The zero-order valence-electron chi connectivity index (χ0n) is 12.0. The van der Waals surface area contributed by atoms with Crippen LogP contribution >= 0.6 is 0 Å². The van der Waals surface area contributed by atoms with Gasteiger partial charge in [0, 0.05) is 16.7 Å². The molecule has 2 atom stereocenters. The molecule has 11 nitrogen and oxygen atoms in total. The molecule has 2 unspecified atom stereocenters. The lowest BCUT2D eigenvalue weighted by atomic mass is 9.77. The highest BCUT2D eigenvalue weighted by Gasteiger charge is 2.61. The number of rotatable bonds is 4. The van der Waals surface area contributed by atoms with Crippen LogP contribution in [-0.2, 0) is 15.0 Å². The predicted octanol–water partition coefficient (Wildman–Crippen LogP) is 0.363. The van der Waals surface area contributed by atoms with Gasteiger partial charge in [0.15, 0.2) is 11.2 Å². The van der Waals surface area contributed by atoms with Crippen molar-refractivity contribution in [1.82, 2.24) is 25.7 Å². The summed E-state index contributed by atoms with van der Waals surface area (Å²) in [5, 5.41) is 25.2. The lowest BCUT2D eigenvalue weighted by Gasteiger charge is -2.28. The van der Waals surface area contributed by atoms with E-state index in [-0.39, 0.29) is 18.3 Å². The van der Waals surface area contributed by atoms with Crippen molar-refractivity contribution in [2.45, 2.75) is 11.5 Å². The van der Waals surface area contributed by atoms with Crippen LogP contribution in [0, 0.1) is 0 Å². The van der Waals surface area contributed by atoms with Gasteiger partial charge in [-0.25, -0.2) is 5.06 Å². The molecule has 0 radical (unpaired) electrons. The van der Waals surface area contributed by atoms with E-state index in [0.29, 0.717) is 5.69 Å². The number of carbonyl (C=O) groups is 1. The Morgan fingerprint density at radius 2 is 2.08 bits per heavy atom. The Bertz CT molecular complexity index is 824. The number of hydrogen-bond acceptors (Lipinski definition) is 10. The molecule has 122 valence electrons. The normalized spacial score (nSPS) is 23.5. The molecule has 24 heavy (non-hydrogen) atoms. The molecular weight excluding hydrogens is 320 g/mol. The number of carboxylic acid groups (broad SMARTS) is 1. The third-order valence-corrected chi connectivity index (χ3v) is 3.85. The van der Waals surface area contributed by atoms with Gasteiger partial charge >= 0.3 is 5.97 Å². The van der Waals surface area contributed by atoms with E-state index < -0.39 is 17.4 Å². The molecule has 1 aliphatic rings. The van der Waals surface area contributed by atoms with Crippen molar-refractivity contribution in [2.24, 2.45) is 0 Å². The number of aromatic nitrogens is 5. The van der Waals surface area contributed by atoms with Gasteiger partial charge in [-0.1, -0.05) is 6.07 Å². The molecule has 3 aromatic heterocycles. The standard InChI is InChI=1S/C13H10N6O5/c20-12(21)13(9-5-15-17-23-9)7-22-19(10-6-16-18-24-10)11(13)8-3-1-2-4-14-8/h1-6,11H,7H2,(H,20,21). The molecule has 0 bridgehead atoms. The van der Waals surface area contributed by atoms with E-state index >= 15 is 0 Å². The number of pyridine rings is 1. The Balaban J connectivity index is 1.91. The summed E-state index contributed by atoms with van der Waals surface area (Å²) in [6.45, 7) is -0.235. The molecule has 1 N–H and O–H groups in total. The maximum absolute atomic E-state index is 12.2. The minimum Gasteiger partial charge on any atom is -0.480 e. The van der Waals surface area contributed by atoms with E-state index in [0.717, 1.165) is 0 Å². The average molecular weight is 330 g/mol. The fourth-order valence-corrected chi connectivity index (χ4v) is 2.74. The van der Waals surface area contributed by atoms with Crippen LogP contribution in [0.15, 0.2) is 45.8 Å². The highest BCUT2D eigenvalue weighted by Crippen LogP contribution is 2.48. The zero-order valence-corrected chi connectivity index (χ0v) is 12.0. The van der Waals surface area contributed by atoms with E-state index in [9.17, 15) is 9.90 Å². The molecule has 0 aliphatic carbocycles. The smallest absolute Gasteiger partial charge is 0.322 e. The average Bonchev–Trinajstić information content (AvgIpc) is 3.34. The van der Waals surface area contributed by atoms with Gasteiger partial charge in [-0.2, -0.15) is 0 Å². The van der Waals surface area contributed by atoms with E-state index in [1.165, 1.54) is 17.5 Å². The van der Waals surface area contributed by atoms with Crippen LogP contribution < -0.4 is 5.06 Å². The highest BCUT2D eigenvalue weighted by molar-refractivity contribution is 5.83. The fourth-order valence-electron chi connectivity index (χ4n) is 2.74. The first-order chi connectivity index (χ1) is 11.7. The van der Waals surface area contributed by atoms with Crippen LogP contribution in [0.5, 0.6) is 0 Å². The van der Waals surface area contributed by atoms with Crippen LogP contribution in [-0.4, -0.2) is 43.4 Å². The SMILES string of the molecule is O=C(O)C1(c2cnno2)CON(c2cnno2)C1c1ccccn1. The Morgan fingerprint density at radius 1 is 1.25 bits per heavy atom. The van der Waals surface area contributed by atoms with Gasteiger partial charge in [-0.3, -0.25) is 14.6 Å². The van der Waals surface area contributed by atoms with Gasteiger partial charge in [0.25, 0.3) is 5.88 Å². The second-order valence-electron chi connectivity index (χ2n) is 5.07. The maximum atomic E-state index is 12.2. The topological polar surface area (TPSA) is 140 Å². The molecule has 0 saturated carbocycles. The lowest BCUT2D eigenvalue weighted by molar-refractivity contribution is -0.145. The molecule has 1 fully saturated rings. The molecule has 1 saturated heterocycles. The summed E-state index contributed by atoms with van der Waals surface area (Å²) in [4.78, 5) is 22.1. The van der Waals surface area contributed by atoms with Crippen LogP contribution in [0.25, 0.3) is 0 Å². The largest absolute Gasteiger partial charge is 0.480 e. The minimum atomic E-state index is -1.62. The second kappa shape index (κ2) is 5.38. The van der Waals surface area contributed by atoms with Crippen molar-refractivity contribution >= 4 is 11.9 Å². The zero-order chi connectivity index (χ0) is 16.6. The van der Waals surface area contributed by atoms with Crippen molar-refractivity contribution in [3.05, 3.63) is 48.2 Å². The molecular formula is C13H10N6O5. The Hall–Kier alpha value is -3.34. The van der Waals surface area contributed by atoms with Gasteiger partial charge in [0.1, 0.15) is 18.8 Å². The number of carboxylic acids is 1. The summed E-state index contributed by atoms with van der Waals surface area (Å²) in [5.74, 6) is -0.992. The summed E-state index contributed by atoms with van der Waals surface area (Å²) >= 11 is 0. The Morgan fingerprint density at radius 3 is 2.71 bits per heavy atom. The van der Waals surface area contributed by atoms with Gasteiger partial charge in [0.05, 0.1) is 11.9 Å². The summed E-state index contributed by atoms with van der Waals surface area (Å²) in [5.41, 5.74) is -1.19. The summed E-state index contributed by atoms with van der Waals surface area (Å²) in [7, 11) is 0. The first kappa shape index (κ1) is 14.3. The highest BCUT2D eigenvalue weighted by atomic mass is 16.7. The quantitative estimate of drug-likeness (QED) is 0.708. The van der Waals surface area contributed by atoms with E-state index in [4.69, 9.17) is 13.9 Å². The van der Waals surface area contributed by atoms with Crippen molar-refractivity contribution < 1.29 is 23.8 Å². The van der Waals surface area contributed by atoms with Crippen LogP contribution in [0.3, 0.4) is 0 Å². The van der Waals surface area contributed by atoms with Crippen molar-refractivity contribution in [3.8, 4) is 0 Å². The van der Waals surface area contributed by atoms with Gasteiger partial charge in [-0.05, 0) is 12.1 Å². The number of nitrogens with zero attached hydrogens (tertiary/aromatic N) is 6. The number of anilines is 1. The van der Waals surface area contributed by atoms with E-state index in [2.05, 4.69) is 25.7 Å². The van der Waals surface area contributed by atoms with Gasteiger partial charge in [-0.15, -0.1) is 10.2 Å². The number of hydrogen-bond donors (Lipinski definition) is 1. The third kappa shape index (κ3) is 1.95. The van der Waals surface area contributed by atoms with E-state index in [1.807, 2.05) is 0 Å². The number of hydroxylamine groups is 1. The van der Waals surface area contributed by atoms with Crippen molar-refractivity contribution in [1.29, 1.82) is 0 Å². The molecule has 0 spiro atoms. The molecule has 11 heteroatoms. The van der Waals surface area contributed by atoms with Crippen LogP contribution in [0.1, 0.15) is 17.5 Å². The number of aliphatic carboxylic acids is 1. The Labute approximate surface area is 133 Å². The summed E-state index contributed by atoms with van der Waals surface area (Å²) < 4.78 is 10.1.